The highest BCUT2D eigenvalue weighted by Gasteiger charge is 2.18. The normalized spacial score (nSPS) is 11.0. The number of aromatic nitrogens is 1. The minimum atomic E-state index is -1.05. The number of rotatable bonds is 4. The molecule has 0 bridgehead atoms. The van der Waals surface area contributed by atoms with Gasteiger partial charge in [-0.15, -0.1) is 0 Å². The molecule has 0 unspecified atom stereocenters. The van der Waals surface area contributed by atoms with Gasteiger partial charge in [0, 0.05) is 23.5 Å². The van der Waals surface area contributed by atoms with Crippen molar-refractivity contribution in [1.29, 1.82) is 0 Å². The summed E-state index contributed by atoms with van der Waals surface area (Å²) >= 11 is 12.7. The van der Waals surface area contributed by atoms with E-state index in [0.29, 0.717) is 26.2 Å². The van der Waals surface area contributed by atoms with Crippen molar-refractivity contribution in [1.82, 2.24) is 4.98 Å². The number of halogens is 4. The lowest BCUT2D eigenvalue weighted by Gasteiger charge is -2.10. The highest BCUT2D eigenvalue weighted by Crippen LogP contribution is 2.36. The molecule has 3 aromatic rings. The van der Waals surface area contributed by atoms with Gasteiger partial charge in [-0.25, -0.2) is 8.78 Å². The van der Waals surface area contributed by atoms with Crippen LogP contribution in [0.4, 0.5) is 14.5 Å². The number of hydrogen-bond acceptors (Lipinski definition) is 5. The molecular weight excluding hydrogens is 451 g/mol. The summed E-state index contributed by atoms with van der Waals surface area (Å²) < 4.78 is 34.6. The number of anilines is 1. The monoisotopic (exact) mass is 463 g/mol. The summed E-state index contributed by atoms with van der Waals surface area (Å²) in [5, 5.41) is 0.792. The van der Waals surface area contributed by atoms with E-state index in [9.17, 15) is 8.78 Å². The van der Waals surface area contributed by atoms with Crippen molar-refractivity contribution < 1.29 is 13.0 Å². The van der Waals surface area contributed by atoms with Gasteiger partial charge in [0.2, 0.25) is 0 Å². The minimum Gasteiger partial charge on any atom is -0.418 e. The van der Waals surface area contributed by atoms with E-state index >= 15 is 0 Å². The van der Waals surface area contributed by atoms with Gasteiger partial charge >= 0.3 is 0 Å². The van der Waals surface area contributed by atoms with Crippen LogP contribution in [0.2, 0.25) is 10.0 Å². The zero-order chi connectivity index (χ0) is 21.7. The van der Waals surface area contributed by atoms with Crippen molar-refractivity contribution in [2.75, 3.05) is 5.73 Å². The van der Waals surface area contributed by atoms with Crippen LogP contribution in [0.3, 0.4) is 0 Å². The molecule has 0 atom stereocenters. The molecule has 4 nitrogen and oxygen atoms in total. The maximum Gasteiger partial charge on any atom is 0.168 e. The average Bonchev–Trinajstić information content (AvgIpc) is 2.75. The van der Waals surface area contributed by atoms with Crippen molar-refractivity contribution in [3.8, 4) is 17.6 Å². The van der Waals surface area contributed by atoms with Crippen molar-refractivity contribution in [3.63, 3.8) is 0 Å². The number of hydrogen-bond donors (Lipinski definition) is 2. The van der Waals surface area contributed by atoms with E-state index in [0.717, 1.165) is 18.1 Å². The van der Waals surface area contributed by atoms with Crippen LogP contribution in [0, 0.1) is 23.5 Å². The molecule has 9 heteroatoms. The van der Waals surface area contributed by atoms with Gasteiger partial charge in [-0.1, -0.05) is 41.1 Å². The van der Waals surface area contributed by atoms with Gasteiger partial charge < -0.3 is 15.7 Å². The standard InChI is InChI=1S/C21H13Cl2F2N3OS/c22-13-5-7-15(23)19(9-13)30-29-18-10-16(24)14(20(25)21(18)27)6-4-12(11-26)17-3-1-2-8-28-17/h1-3,5,7-11H,26-27H2. The van der Waals surface area contributed by atoms with Crippen LogP contribution in [-0.4, -0.2) is 4.98 Å². The average molecular weight is 464 g/mol. The van der Waals surface area contributed by atoms with Gasteiger partial charge in [0.25, 0.3) is 0 Å². The van der Waals surface area contributed by atoms with Crippen LogP contribution in [0.25, 0.3) is 5.57 Å². The third kappa shape index (κ3) is 4.97. The number of benzene rings is 2. The molecule has 1 heterocycles. The van der Waals surface area contributed by atoms with E-state index in [1.165, 1.54) is 6.20 Å². The Bertz CT molecular complexity index is 1180. The molecule has 0 radical (unpaired) electrons. The van der Waals surface area contributed by atoms with E-state index < -0.39 is 22.9 Å². The molecule has 152 valence electrons. The summed E-state index contributed by atoms with van der Waals surface area (Å²) in [5.74, 6) is 2.83. The quantitative estimate of drug-likeness (QED) is 0.295. The summed E-state index contributed by atoms with van der Waals surface area (Å²) in [4.78, 5) is 4.56. The molecule has 0 aliphatic rings. The highest BCUT2D eigenvalue weighted by atomic mass is 35.5. The number of nitrogens with two attached hydrogens (primary N) is 2. The molecule has 0 aliphatic heterocycles. The van der Waals surface area contributed by atoms with E-state index in [2.05, 4.69) is 16.8 Å². The molecular formula is C21H13Cl2F2N3OS. The number of allylic oxidation sites excluding steroid dienone is 1. The molecule has 0 saturated carbocycles. The Morgan fingerprint density at radius 1 is 1.17 bits per heavy atom. The number of nitrogens with zero attached hydrogens (tertiary/aromatic N) is 1. The number of pyridine rings is 1. The van der Waals surface area contributed by atoms with Crippen molar-refractivity contribution in [2.45, 2.75) is 4.90 Å². The van der Waals surface area contributed by atoms with Crippen LogP contribution in [0.15, 0.2) is 59.8 Å². The van der Waals surface area contributed by atoms with Crippen molar-refractivity contribution >= 4 is 46.5 Å². The molecule has 0 amide bonds. The zero-order valence-corrected chi connectivity index (χ0v) is 17.5. The Balaban J connectivity index is 1.88. The Morgan fingerprint density at radius 2 is 1.97 bits per heavy atom. The largest absolute Gasteiger partial charge is 0.418 e. The molecule has 0 aliphatic carbocycles. The van der Waals surface area contributed by atoms with E-state index in [1.54, 1.807) is 42.6 Å². The van der Waals surface area contributed by atoms with Gasteiger partial charge in [0.05, 0.1) is 38.8 Å². The molecule has 30 heavy (non-hydrogen) atoms. The molecule has 0 spiro atoms. The smallest absolute Gasteiger partial charge is 0.168 e. The fraction of sp³-hybridized carbons (Fsp3) is 0. The summed E-state index contributed by atoms with van der Waals surface area (Å²) in [6.45, 7) is 0. The van der Waals surface area contributed by atoms with Gasteiger partial charge in [-0.2, -0.15) is 0 Å². The lowest BCUT2D eigenvalue weighted by atomic mass is 10.1. The molecule has 2 aromatic carbocycles. The summed E-state index contributed by atoms with van der Waals surface area (Å²) in [5.41, 5.74) is 11.2. The van der Waals surface area contributed by atoms with Crippen LogP contribution >= 0.6 is 35.2 Å². The highest BCUT2D eigenvalue weighted by molar-refractivity contribution is 7.95. The predicted octanol–water partition coefficient (Wildman–Crippen LogP) is 5.69. The molecule has 3 rings (SSSR count). The lowest BCUT2D eigenvalue weighted by Crippen LogP contribution is -2.01. The van der Waals surface area contributed by atoms with Gasteiger partial charge in [-0.3, -0.25) is 4.98 Å². The first-order valence-corrected chi connectivity index (χ1v) is 9.82. The molecule has 4 N–H and O–H groups in total. The van der Waals surface area contributed by atoms with Gasteiger partial charge in [-0.05, 0) is 30.3 Å². The Kier molecular flexibility index (Phi) is 7.06. The second-order valence-corrected chi connectivity index (χ2v) is 7.36. The second kappa shape index (κ2) is 9.72. The zero-order valence-electron chi connectivity index (χ0n) is 15.1. The summed E-state index contributed by atoms with van der Waals surface area (Å²) in [7, 11) is 0. The Hall–Kier alpha value is -2.92. The maximum absolute atomic E-state index is 14.7. The SMILES string of the molecule is NC=C(C#Cc1c(F)cc(OSc2cc(Cl)ccc2Cl)c(N)c1F)c1ccccn1. The van der Waals surface area contributed by atoms with Crippen molar-refractivity contribution in [2.24, 2.45) is 5.73 Å². The Morgan fingerprint density at radius 3 is 2.67 bits per heavy atom. The van der Waals surface area contributed by atoms with Crippen molar-refractivity contribution in [3.05, 3.63) is 87.8 Å². The Labute approximate surface area is 186 Å². The summed E-state index contributed by atoms with van der Waals surface area (Å²) in [6, 6.07) is 10.8. The van der Waals surface area contributed by atoms with E-state index in [1.807, 2.05) is 0 Å². The fourth-order valence-corrected chi connectivity index (χ4v) is 3.36. The first-order chi connectivity index (χ1) is 14.4. The first-order valence-electron chi connectivity index (χ1n) is 8.33. The van der Waals surface area contributed by atoms with Crippen LogP contribution in [0.1, 0.15) is 11.3 Å². The third-order valence-electron chi connectivity index (χ3n) is 3.76. The molecule has 1 aromatic heterocycles. The molecule has 0 saturated heterocycles. The third-order valence-corrected chi connectivity index (χ3v) is 5.22. The van der Waals surface area contributed by atoms with E-state index in [-0.39, 0.29) is 5.75 Å². The van der Waals surface area contributed by atoms with E-state index in [4.69, 9.17) is 38.9 Å². The van der Waals surface area contributed by atoms with Crippen LogP contribution in [0.5, 0.6) is 5.75 Å². The maximum atomic E-state index is 14.7. The predicted molar refractivity (Wildman–Crippen MR) is 117 cm³/mol. The minimum absolute atomic E-state index is 0.212. The lowest BCUT2D eigenvalue weighted by molar-refractivity contribution is 0.559. The topological polar surface area (TPSA) is 74.2 Å². The van der Waals surface area contributed by atoms with Gasteiger partial charge in [0.1, 0.15) is 11.5 Å². The van der Waals surface area contributed by atoms with Gasteiger partial charge in [0.15, 0.2) is 11.6 Å². The van der Waals surface area contributed by atoms with Crippen LogP contribution in [-0.2, 0) is 0 Å². The molecule has 0 fully saturated rings. The second-order valence-electron chi connectivity index (χ2n) is 5.75. The number of nitrogen functional groups attached to an aromatic ring is 1. The van der Waals surface area contributed by atoms with Crippen LogP contribution < -0.4 is 15.7 Å². The fourth-order valence-electron chi connectivity index (χ4n) is 2.27. The summed E-state index contributed by atoms with van der Waals surface area (Å²) in [6.07, 6.45) is 2.76. The first kappa shape index (κ1) is 21.8.